The minimum Gasteiger partial charge on any atom is -0.391 e. The number of hydrogen-bond donors (Lipinski definition) is 1. The quantitative estimate of drug-likeness (QED) is 0.613. The van der Waals surface area contributed by atoms with Crippen molar-refractivity contribution in [3.05, 3.63) is 12.7 Å². The Morgan fingerprint density at radius 2 is 1.70 bits per heavy atom. The molecule has 0 amide bonds. The van der Waals surface area contributed by atoms with Crippen LogP contribution in [0.4, 0.5) is 0 Å². The van der Waals surface area contributed by atoms with Crippen LogP contribution in [0.1, 0.15) is 54.9 Å². The molecule has 0 radical (unpaired) electrons. The molecule has 2 fully saturated rings. The molecule has 0 aliphatic carbocycles. The molecule has 0 bridgehead atoms. The Kier molecular flexibility index (Phi) is 5.21. The number of aliphatic hydroxyl groups excluding tert-OH is 1. The Balaban J connectivity index is 2.23. The maximum atomic E-state index is 10.5. The van der Waals surface area contributed by atoms with Gasteiger partial charge in [-0.05, 0) is 0 Å². The summed E-state index contributed by atoms with van der Waals surface area (Å²) in [5.41, 5.74) is 0. The molecule has 0 aromatic carbocycles. The maximum Gasteiger partial charge on any atom is 0.349 e. The number of fused-ring (bicyclic) bond motifs is 1. The first-order valence-electron chi connectivity index (χ1n) is 8.71. The summed E-state index contributed by atoms with van der Waals surface area (Å²) in [6.45, 7) is 19.6. The van der Waals surface area contributed by atoms with E-state index < -0.39 is 14.7 Å². The molecule has 2 rings (SSSR count). The van der Waals surface area contributed by atoms with Gasteiger partial charge in [0.25, 0.3) is 0 Å². The van der Waals surface area contributed by atoms with E-state index in [4.69, 9.17) is 13.6 Å². The van der Waals surface area contributed by atoms with Crippen LogP contribution < -0.4 is 0 Å². The third-order valence-electron chi connectivity index (χ3n) is 5.23. The van der Waals surface area contributed by atoms with Crippen molar-refractivity contribution in [1.29, 1.82) is 0 Å². The van der Waals surface area contributed by atoms with Gasteiger partial charge in [0.05, 0.1) is 24.9 Å². The van der Waals surface area contributed by atoms with Crippen LogP contribution in [0.3, 0.4) is 0 Å². The van der Waals surface area contributed by atoms with Crippen LogP contribution in [-0.4, -0.2) is 44.7 Å². The molecule has 2 saturated heterocycles. The van der Waals surface area contributed by atoms with E-state index >= 15 is 0 Å². The summed E-state index contributed by atoms with van der Waals surface area (Å²) in [6, 6.07) is 0. The van der Waals surface area contributed by atoms with Crippen molar-refractivity contribution < 1.29 is 18.7 Å². The van der Waals surface area contributed by atoms with Gasteiger partial charge in [-0.1, -0.05) is 54.5 Å². The minimum absolute atomic E-state index is 0.0492. The van der Waals surface area contributed by atoms with Gasteiger partial charge in [0.15, 0.2) is 0 Å². The molecule has 0 spiro atoms. The summed E-state index contributed by atoms with van der Waals surface area (Å²) in [4.78, 5) is 0. The number of rotatable bonds is 2. The van der Waals surface area contributed by atoms with Crippen LogP contribution in [0.2, 0.25) is 10.1 Å². The molecular formula is C18H34O4Si. The zero-order valence-electron chi connectivity index (χ0n) is 15.8. The molecule has 2 heterocycles. The highest BCUT2D eigenvalue weighted by Crippen LogP contribution is 2.55. The second kappa shape index (κ2) is 6.26. The first kappa shape index (κ1) is 19.1. The molecule has 23 heavy (non-hydrogen) atoms. The van der Waals surface area contributed by atoms with Crippen LogP contribution >= 0.6 is 0 Å². The summed E-state index contributed by atoms with van der Waals surface area (Å²) in [7, 11) is -2.49. The molecule has 1 N–H and O–H groups in total. The molecule has 2 aliphatic heterocycles. The van der Waals surface area contributed by atoms with E-state index in [1.807, 2.05) is 13.0 Å². The average molecular weight is 343 g/mol. The zero-order chi connectivity index (χ0) is 17.6. The van der Waals surface area contributed by atoms with Gasteiger partial charge in [0.2, 0.25) is 0 Å². The third-order valence-corrected chi connectivity index (χ3v) is 10.4. The molecular weight excluding hydrogens is 308 g/mol. The highest BCUT2D eigenvalue weighted by molar-refractivity contribution is 6.73. The maximum absolute atomic E-state index is 10.5. The monoisotopic (exact) mass is 342 g/mol. The Labute approximate surface area is 142 Å². The lowest BCUT2D eigenvalue weighted by Crippen LogP contribution is -2.67. The van der Waals surface area contributed by atoms with Crippen LogP contribution in [0, 0.1) is 5.92 Å². The fourth-order valence-electron chi connectivity index (χ4n) is 4.14. The minimum atomic E-state index is -2.49. The molecule has 0 aromatic rings. The van der Waals surface area contributed by atoms with Gasteiger partial charge in [-0.25, -0.2) is 0 Å². The van der Waals surface area contributed by atoms with E-state index in [9.17, 15) is 5.11 Å². The Hall–Kier alpha value is -0.203. The van der Waals surface area contributed by atoms with Gasteiger partial charge in [0, 0.05) is 22.4 Å². The van der Waals surface area contributed by atoms with Crippen LogP contribution in [-0.2, 0) is 13.6 Å². The first-order valence-corrected chi connectivity index (χ1v) is 10.5. The van der Waals surface area contributed by atoms with E-state index in [0.717, 1.165) is 0 Å². The zero-order valence-corrected chi connectivity index (χ0v) is 16.8. The predicted octanol–water partition coefficient (Wildman–Crippen LogP) is 3.78. The van der Waals surface area contributed by atoms with E-state index in [1.165, 1.54) is 0 Å². The number of aliphatic hydroxyl groups is 1. The molecule has 1 unspecified atom stereocenters. The smallest absolute Gasteiger partial charge is 0.349 e. The van der Waals surface area contributed by atoms with Crippen molar-refractivity contribution in [2.75, 3.05) is 6.61 Å². The van der Waals surface area contributed by atoms with E-state index in [2.05, 4.69) is 48.1 Å². The lowest BCUT2D eigenvalue weighted by atomic mass is 9.91. The van der Waals surface area contributed by atoms with Gasteiger partial charge in [-0.2, -0.15) is 0 Å². The number of hydrogen-bond acceptors (Lipinski definition) is 4. The van der Waals surface area contributed by atoms with Crippen molar-refractivity contribution in [3.8, 4) is 0 Å². The predicted molar refractivity (Wildman–Crippen MR) is 94.7 cm³/mol. The molecule has 2 aliphatic rings. The fourth-order valence-corrected chi connectivity index (χ4v) is 9.11. The molecule has 134 valence electrons. The second-order valence-corrected chi connectivity index (χ2v) is 13.9. The average Bonchev–Trinajstić information content (AvgIpc) is 2.42. The SMILES string of the molecule is C=C[C@@H](C)[C@@H]1O[C@@H]2CO[Si](C(C)(C)C)(C(C)(C)C)O[C@@H]2CC1O. The summed E-state index contributed by atoms with van der Waals surface area (Å²) >= 11 is 0. The van der Waals surface area contributed by atoms with Gasteiger partial charge in [-0.3, -0.25) is 0 Å². The second-order valence-electron chi connectivity index (χ2n) is 9.12. The van der Waals surface area contributed by atoms with Crippen molar-refractivity contribution in [2.24, 2.45) is 5.92 Å². The van der Waals surface area contributed by atoms with Gasteiger partial charge >= 0.3 is 8.56 Å². The van der Waals surface area contributed by atoms with E-state index in [0.29, 0.717) is 13.0 Å². The van der Waals surface area contributed by atoms with Crippen molar-refractivity contribution in [3.63, 3.8) is 0 Å². The summed E-state index contributed by atoms with van der Waals surface area (Å²) in [5, 5.41) is 10.4. The highest BCUT2D eigenvalue weighted by atomic mass is 28.4. The van der Waals surface area contributed by atoms with E-state index in [1.54, 1.807) is 0 Å². The van der Waals surface area contributed by atoms with Crippen molar-refractivity contribution >= 4 is 8.56 Å². The largest absolute Gasteiger partial charge is 0.391 e. The van der Waals surface area contributed by atoms with Crippen molar-refractivity contribution in [2.45, 2.75) is 89.4 Å². The molecule has 5 atom stereocenters. The lowest BCUT2D eigenvalue weighted by Gasteiger charge is -2.56. The number of ether oxygens (including phenoxy) is 1. The van der Waals surface area contributed by atoms with Crippen LogP contribution in [0.5, 0.6) is 0 Å². The summed E-state index contributed by atoms with van der Waals surface area (Å²) in [5.74, 6) is 0.111. The van der Waals surface area contributed by atoms with Crippen LogP contribution in [0.25, 0.3) is 0 Å². The molecule has 0 saturated carbocycles. The first-order chi connectivity index (χ1) is 10.4. The Bertz CT molecular complexity index is 423. The Morgan fingerprint density at radius 3 is 2.17 bits per heavy atom. The van der Waals surface area contributed by atoms with E-state index in [-0.39, 0.29) is 34.3 Å². The van der Waals surface area contributed by atoms with Crippen LogP contribution in [0.15, 0.2) is 12.7 Å². The highest BCUT2D eigenvalue weighted by Gasteiger charge is 2.62. The third kappa shape index (κ3) is 3.31. The van der Waals surface area contributed by atoms with Gasteiger partial charge in [0.1, 0.15) is 6.10 Å². The summed E-state index contributed by atoms with van der Waals surface area (Å²) < 4.78 is 19.2. The summed E-state index contributed by atoms with van der Waals surface area (Å²) in [6.07, 6.45) is 1.52. The topological polar surface area (TPSA) is 47.9 Å². The normalized spacial score (nSPS) is 36.2. The molecule has 4 nitrogen and oxygen atoms in total. The van der Waals surface area contributed by atoms with Gasteiger partial charge in [-0.15, -0.1) is 6.58 Å². The van der Waals surface area contributed by atoms with Crippen molar-refractivity contribution in [1.82, 2.24) is 0 Å². The molecule has 0 aromatic heterocycles. The lowest BCUT2D eigenvalue weighted by molar-refractivity contribution is -0.206. The Morgan fingerprint density at radius 1 is 1.13 bits per heavy atom. The van der Waals surface area contributed by atoms with Gasteiger partial charge < -0.3 is 18.7 Å². The molecule has 5 heteroatoms. The standard InChI is InChI=1S/C18H34O4Si/c1-9-12(2)16-13(19)10-14-15(21-16)11-20-23(22-14,17(3,4)5)18(6,7)8/h9,12-16,19H,1,10-11H2,2-8H3/t12-,13?,14-,15-,16+/m1/s1. The fraction of sp³-hybridized carbons (Fsp3) is 0.889.